The molecule has 0 saturated carbocycles. The number of likely N-dealkylation sites (N-methyl/N-ethyl adjacent to an activating group) is 1. The predicted molar refractivity (Wildman–Crippen MR) is 41.6 cm³/mol. The van der Waals surface area contributed by atoms with Crippen LogP contribution >= 0.6 is 0 Å². The molecule has 3 nitrogen and oxygen atoms in total. The van der Waals surface area contributed by atoms with E-state index in [1.54, 1.807) is 0 Å². The molecule has 1 rings (SSSR count). The lowest BCUT2D eigenvalue weighted by molar-refractivity contribution is 0.640. The zero-order valence-electron chi connectivity index (χ0n) is 6.09. The Morgan fingerprint density at radius 1 is 1.80 bits per heavy atom. The first-order valence-electron chi connectivity index (χ1n) is 3.38. The first-order valence-corrected chi connectivity index (χ1v) is 3.38. The van der Waals surface area contributed by atoms with Crippen LogP contribution in [0.3, 0.4) is 0 Å². The first kappa shape index (κ1) is 7.31. The molecule has 1 unspecified atom stereocenters. The molecule has 0 spiro atoms. The van der Waals surface area contributed by atoms with Crippen molar-refractivity contribution in [2.45, 2.75) is 6.04 Å². The summed E-state index contributed by atoms with van der Waals surface area (Å²) in [7, 11) is 1.89. The number of nitrogens with one attached hydrogen (secondary N) is 2. The normalized spacial score (nSPS) is 13.4. The lowest BCUT2D eigenvalue weighted by Crippen LogP contribution is -2.24. The third-order valence-electron chi connectivity index (χ3n) is 1.45. The molecule has 56 valence electrons. The van der Waals surface area contributed by atoms with Crippen LogP contribution in [0.1, 0.15) is 11.7 Å². The van der Waals surface area contributed by atoms with Gasteiger partial charge in [0.2, 0.25) is 0 Å². The van der Waals surface area contributed by atoms with Crippen LogP contribution < -0.4 is 11.1 Å². The maximum atomic E-state index is 5.76. The first-order chi connectivity index (χ1) is 4.84. The van der Waals surface area contributed by atoms with Crippen LogP contribution in [0.15, 0.2) is 18.3 Å². The summed E-state index contributed by atoms with van der Waals surface area (Å²) in [5, 5.41) is 3.01. The molecule has 0 fully saturated rings. The number of hydrogen-bond acceptors (Lipinski definition) is 2. The van der Waals surface area contributed by atoms with Crippen molar-refractivity contribution in [2.75, 3.05) is 13.6 Å². The van der Waals surface area contributed by atoms with Gasteiger partial charge in [0.15, 0.2) is 0 Å². The Labute approximate surface area is 60.6 Å². The molecule has 10 heavy (non-hydrogen) atoms. The Kier molecular flexibility index (Phi) is 2.48. The molecule has 1 aromatic rings. The third-order valence-corrected chi connectivity index (χ3v) is 1.45. The van der Waals surface area contributed by atoms with Gasteiger partial charge >= 0.3 is 0 Å². The number of aromatic amines is 1. The smallest absolute Gasteiger partial charge is 0.0574 e. The number of nitrogens with two attached hydrogens (primary N) is 1. The quantitative estimate of drug-likeness (QED) is 0.561. The van der Waals surface area contributed by atoms with Gasteiger partial charge in [-0.05, 0) is 19.2 Å². The minimum absolute atomic E-state index is 0.0833. The highest BCUT2D eigenvalue weighted by molar-refractivity contribution is 5.08. The van der Waals surface area contributed by atoms with E-state index in [9.17, 15) is 0 Å². The van der Waals surface area contributed by atoms with E-state index in [2.05, 4.69) is 10.3 Å². The SMILES string of the molecule is CNCC(N)c1ccc[nH]1. The second-order valence-corrected chi connectivity index (χ2v) is 2.29. The van der Waals surface area contributed by atoms with E-state index >= 15 is 0 Å². The third kappa shape index (κ3) is 1.59. The summed E-state index contributed by atoms with van der Waals surface area (Å²) in [6.07, 6.45) is 1.88. The van der Waals surface area contributed by atoms with Crippen LogP contribution in [-0.4, -0.2) is 18.6 Å². The molecule has 0 saturated heterocycles. The molecule has 0 bridgehead atoms. The molecule has 4 N–H and O–H groups in total. The Balaban J connectivity index is 2.50. The lowest BCUT2D eigenvalue weighted by atomic mass is 10.2. The van der Waals surface area contributed by atoms with E-state index in [0.717, 1.165) is 12.2 Å². The standard InChI is InChI=1S/C7H13N3/c1-9-5-6(8)7-3-2-4-10-7/h2-4,6,9-10H,5,8H2,1H3. The van der Waals surface area contributed by atoms with Crippen LogP contribution in [0.2, 0.25) is 0 Å². The Morgan fingerprint density at radius 2 is 2.60 bits per heavy atom. The zero-order valence-corrected chi connectivity index (χ0v) is 6.09. The molecule has 1 aromatic heterocycles. The van der Waals surface area contributed by atoms with Crippen LogP contribution in [-0.2, 0) is 0 Å². The van der Waals surface area contributed by atoms with Crippen molar-refractivity contribution < 1.29 is 0 Å². The topological polar surface area (TPSA) is 53.8 Å². The predicted octanol–water partition coefficient (Wildman–Crippen LogP) is 0.234. The second kappa shape index (κ2) is 3.39. The molecule has 1 heterocycles. The van der Waals surface area contributed by atoms with Crippen LogP contribution in [0.25, 0.3) is 0 Å². The van der Waals surface area contributed by atoms with Gasteiger partial charge in [-0.1, -0.05) is 0 Å². The molecule has 0 amide bonds. The molecule has 0 aromatic carbocycles. The van der Waals surface area contributed by atoms with E-state index < -0.39 is 0 Å². The average molecular weight is 139 g/mol. The van der Waals surface area contributed by atoms with Crippen molar-refractivity contribution in [2.24, 2.45) is 5.73 Å². The largest absolute Gasteiger partial charge is 0.364 e. The molecule has 0 aliphatic carbocycles. The van der Waals surface area contributed by atoms with Gasteiger partial charge in [0.1, 0.15) is 0 Å². The summed E-state index contributed by atoms with van der Waals surface area (Å²) >= 11 is 0. The number of rotatable bonds is 3. The maximum Gasteiger partial charge on any atom is 0.0574 e. The van der Waals surface area contributed by atoms with E-state index in [0.29, 0.717) is 0 Å². The summed E-state index contributed by atoms with van der Waals surface area (Å²) in [5.74, 6) is 0. The Morgan fingerprint density at radius 3 is 3.10 bits per heavy atom. The zero-order chi connectivity index (χ0) is 7.40. The molecular formula is C7H13N3. The van der Waals surface area contributed by atoms with Crippen LogP contribution in [0.4, 0.5) is 0 Å². The highest BCUT2D eigenvalue weighted by Gasteiger charge is 2.02. The van der Waals surface area contributed by atoms with E-state index in [1.165, 1.54) is 0 Å². The minimum atomic E-state index is 0.0833. The highest BCUT2D eigenvalue weighted by atomic mass is 14.9. The van der Waals surface area contributed by atoms with Crippen LogP contribution in [0.5, 0.6) is 0 Å². The summed E-state index contributed by atoms with van der Waals surface area (Å²) in [6.45, 7) is 0.806. The van der Waals surface area contributed by atoms with Crippen molar-refractivity contribution >= 4 is 0 Å². The van der Waals surface area contributed by atoms with Crippen molar-refractivity contribution in [1.29, 1.82) is 0 Å². The van der Waals surface area contributed by atoms with E-state index in [1.807, 2.05) is 25.4 Å². The molecule has 0 aliphatic rings. The summed E-state index contributed by atoms with van der Waals surface area (Å²) in [6, 6.07) is 4.02. The van der Waals surface area contributed by atoms with Gasteiger partial charge < -0.3 is 16.0 Å². The van der Waals surface area contributed by atoms with Gasteiger partial charge in [0.05, 0.1) is 6.04 Å². The van der Waals surface area contributed by atoms with Gasteiger partial charge in [0, 0.05) is 18.4 Å². The summed E-state index contributed by atoms with van der Waals surface area (Å²) in [5.41, 5.74) is 6.83. The average Bonchev–Trinajstić information content (AvgIpc) is 2.38. The Bertz CT molecular complexity index is 169. The molecule has 1 atom stereocenters. The minimum Gasteiger partial charge on any atom is -0.364 e. The van der Waals surface area contributed by atoms with Crippen LogP contribution in [0, 0.1) is 0 Å². The van der Waals surface area contributed by atoms with Gasteiger partial charge in [-0.15, -0.1) is 0 Å². The number of hydrogen-bond donors (Lipinski definition) is 3. The Hall–Kier alpha value is -0.800. The second-order valence-electron chi connectivity index (χ2n) is 2.29. The number of H-pyrrole nitrogens is 1. The molecular weight excluding hydrogens is 126 g/mol. The van der Waals surface area contributed by atoms with Gasteiger partial charge in [-0.3, -0.25) is 0 Å². The van der Waals surface area contributed by atoms with Crippen molar-refractivity contribution in [3.8, 4) is 0 Å². The van der Waals surface area contributed by atoms with E-state index in [-0.39, 0.29) is 6.04 Å². The fourth-order valence-corrected chi connectivity index (χ4v) is 0.905. The fraction of sp³-hybridized carbons (Fsp3) is 0.429. The highest BCUT2D eigenvalue weighted by Crippen LogP contribution is 2.03. The fourth-order valence-electron chi connectivity index (χ4n) is 0.905. The monoisotopic (exact) mass is 139 g/mol. The van der Waals surface area contributed by atoms with Crippen molar-refractivity contribution in [3.05, 3.63) is 24.0 Å². The molecule has 0 aliphatic heterocycles. The summed E-state index contributed by atoms with van der Waals surface area (Å²) < 4.78 is 0. The number of aromatic nitrogens is 1. The van der Waals surface area contributed by atoms with Gasteiger partial charge in [-0.25, -0.2) is 0 Å². The van der Waals surface area contributed by atoms with E-state index in [4.69, 9.17) is 5.73 Å². The van der Waals surface area contributed by atoms with Crippen molar-refractivity contribution in [3.63, 3.8) is 0 Å². The molecule has 0 radical (unpaired) electrons. The maximum absolute atomic E-state index is 5.76. The van der Waals surface area contributed by atoms with Crippen molar-refractivity contribution in [1.82, 2.24) is 10.3 Å². The van der Waals surface area contributed by atoms with Gasteiger partial charge in [0.25, 0.3) is 0 Å². The summed E-state index contributed by atoms with van der Waals surface area (Å²) in [4.78, 5) is 3.06. The molecule has 3 heteroatoms. The van der Waals surface area contributed by atoms with Gasteiger partial charge in [-0.2, -0.15) is 0 Å². The lowest BCUT2D eigenvalue weighted by Gasteiger charge is -2.07.